The summed E-state index contributed by atoms with van der Waals surface area (Å²) >= 11 is 0. The molecule has 1 aliphatic carbocycles. The first-order chi connectivity index (χ1) is 13.3. The van der Waals surface area contributed by atoms with Crippen LogP contribution in [0.1, 0.15) is 30.4 Å². The highest BCUT2D eigenvalue weighted by Crippen LogP contribution is 2.26. The van der Waals surface area contributed by atoms with Crippen LogP contribution >= 0.6 is 12.4 Å². The van der Waals surface area contributed by atoms with Gasteiger partial charge in [-0.05, 0) is 86.2 Å². The quantitative estimate of drug-likeness (QED) is 0.621. The summed E-state index contributed by atoms with van der Waals surface area (Å²) in [4.78, 5) is 4.86. The van der Waals surface area contributed by atoms with E-state index >= 15 is 0 Å². The van der Waals surface area contributed by atoms with Crippen LogP contribution in [-0.2, 0) is 12.8 Å². The Bertz CT molecular complexity index is 745. The van der Waals surface area contributed by atoms with Crippen molar-refractivity contribution < 1.29 is 9.13 Å². The predicted octanol–water partition coefficient (Wildman–Crippen LogP) is 4.72. The molecule has 0 amide bonds. The summed E-state index contributed by atoms with van der Waals surface area (Å²) in [5.41, 5.74) is 4.10. The number of unbranched alkanes of at least 4 members (excludes halogenated alkanes) is 1. The number of benzene rings is 2. The maximum absolute atomic E-state index is 13.0. The first kappa shape index (κ1) is 20.9. The van der Waals surface area contributed by atoms with Crippen molar-refractivity contribution in [3.8, 4) is 5.75 Å². The number of anilines is 1. The molecule has 28 heavy (non-hydrogen) atoms. The van der Waals surface area contributed by atoms with Gasteiger partial charge in [0.05, 0.1) is 6.61 Å². The van der Waals surface area contributed by atoms with E-state index < -0.39 is 0 Å². The molecule has 0 spiro atoms. The number of rotatable bonds is 7. The van der Waals surface area contributed by atoms with Crippen molar-refractivity contribution in [1.29, 1.82) is 0 Å². The Morgan fingerprint density at radius 1 is 0.857 bits per heavy atom. The molecule has 0 bridgehead atoms. The molecule has 0 unspecified atom stereocenters. The van der Waals surface area contributed by atoms with Gasteiger partial charge in [0.25, 0.3) is 0 Å². The number of ether oxygens (including phenoxy) is 1. The summed E-state index contributed by atoms with van der Waals surface area (Å²) in [5, 5.41) is 0. The normalized spacial score (nSPS) is 16.5. The third-order valence-corrected chi connectivity index (χ3v) is 5.77. The van der Waals surface area contributed by atoms with Crippen molar-refractivity contribution in [3.63, 3.8) is 0 Å². The van der Waals surface area contributed by atoms with Crippen LogP contribution in [0.5, 0.6) is 5.75 Å². The van der Waals surface area contributed by atoms with Gasteiger partial charge in [0.2, 0.25) is 0 Å². The van der Waals surface area contributed by atoms with Crippen LogP contribution in [0.2, 0.25) is 0 Å². The summed E-state index contributed by atoms with van der Waals surface area (Å²) in [6, 6.07) is 13.4. The molecule has 2 aliphatic rings. The SMILES string of the molecule is Cl.Fc1ccc(N2CCN(CCCCOc3ccc4c(c3)CCC4)CC2)cc1. The van der Waals surface area contributed by atoms with Crippen LogP contribution in [0.25, 0.3) is 0 Å². The zero-order valence-electron chi connectivity index (χ0n) is 16.4. The molecule has 5 heteroatoms. The average Bonchev–Trinajstić information content (AvgIpc) is 3.17. The molecule has 0 saturated carbocycles. The summed E-state index contributed by atoms with van der Waals surface area (Å²) in [7, 11) is 0. The molecule has 1 heterocycles. The van der Waals surface area contributed by atoms with Crippen LogP contribution in [0.15, 0.2) is 42.5 Å². The van der Waals surface area contributed by atoms with E-state index in [4.69, 9.17) is 4.74 Å². The number of hydrogen-bond acceptors (Lipinski definition) is 3. The monoisotopic (exact) mass is 404 g/mol. The molecule has 1 fully saturated rings. The minimum atomic E-state index is -0.167. The Balaban J connectivity index is 0.00000225. The molecule has 0 aromatic heterocycles. The number of piperazine rings is 1. The fraction of sp³-hybridized carbons (Fsp3) is 0.478. The maximum Gasteiger partial charge on any atom is 0.123 e. The van der Waals surface area contributed by atoms with E-state index in [0.29, 0.717) is 0 Å². The lowest BCUT2D eigenvalue weighted by molar-refractivity contribution is 0.238. The molecule has 152 valence electrons. The zero-order valence-corrected chi connectivity index (χ0v) is 17.2. The summed E-state index contributed by atoms with van der Waals surface area (Å²) < 4.78 is 19.0. The van der Waals surface area contributed by atoms with E-state index in [-0.39, 0.29) is 18.2 Å². The number of halogens is 2. The lowest BCUT2D eigenvalue weighted by atomic mass is 10.1. The molecule has 1 saturated heterocycles. The van der Waals surface area contributed by atoms with E-state index in [1.807, 2.05) is 12.1 Å². The van der Waals surface area contributed by atoms with Crippen molar-refractivity contribution >= 4 is 18.1 Å². The molecular weight excluding hydrogens is 375 g/mol. The first-order valence-electron chi connectivity index (χ1n) is 10.3. The van der Waals surface area contributed by atoms with E-state index in [2.05, 4.69) is 28.0 Å². The molecule has 4 rings (SSSR count). The Hall–Kier alpha value is -1.78. The molecular formula is C23H30ClFN2O. The minimum absolute atomic E-state index is 0. The van der Waals surface area contributed by atoms with Crippen molar-refractivity contribution in [2.45, 2.75) is 32.1 Å². The van der Waals surface area contributed by atoms with Gasteiger partial charge >= 0.3 is 0 Å². The Morgan fingerprint density at radius 3 is 2.39 bits per heavy atom. The highest BCUT2D eigenvalue weighted by molar-refractivity contribution is 5.85. The molecule has 1 aliphatic heterocycles. The van der Waals surface area contributed by atoms with Gasteiger partial charge in [0.1, 0.15) is 11.6 Å². The highest BCUT2D eigenvalue weighted by atomic mass is 35.5. The smallest absolute Gasteiger partial charge is 0.123 e. The largest absolute Gasteiger partial charge is 0.494 e. The van der Waals surface area contributed by atoms with Gasteiger partial charge in [-0.3, -0.25) is 4.90 Å². The van der Waals surface area contributed by atoms with Crippen molar-refractivity contribution in [1.82, 2.24) is 4.90 Å². The van der Waals surface area contributed by atoms with Gasteiger partial charge in [-0.1, -0.05) is 6.07 Å². The van der Waals surface area contributed by atoms with Crippen LogP contribution in [0.4, 0.5) is 10.1 Å². The Morgan fingerprint density at radius 2 is 1.61 bits per heavy atom. The van der Waals surface area contributed by atoms with Gasteiger partial charge in [-0.25, -0.2) is 4.39 Å². The topological polar surface area (TPSA) is 15.7 Å². The van der Waals surface area contributed by atoms with Gasteiger partial charge in [0, 0.05) is 31.9 Å². The standard InChI is InChI=1S/C23H29FN2O.ClH/c24-21-7-9-22(10-8-21)26-15-13-25(14-16-26)12-1-2-17-27-23-11-6-19-4-3-5-20(19)18-23;/h6-11,18H,1-5,12-17H2;1H. The third-order valence-electron chi connectivity index (χ3n) is 5.77. The second-order valence-corrected chi connectivity index (χ2v) is 7.64. The fourth-order valence-electron chi connectivity index (χ4n) is 4.15. The summed E-state index contributed by atoms with van der Waals surface area (Å²) in [6.07, 6.45) is 5.98. The van der Waals surface area contributed by atoms with Crippen LogP contribution in [0.3, 0.4) is 0 Å². The van der Waals surface area contributed by atoms with Crippen molar-refractivity contribution in [2.24, 2.45) is 0 Å². The lowest BCUT2D eigenvalue weighted by Gasteiger charge is -2.36. The van der Waals surface area contributed by atoms with Crippen LogP contribution < -0.4 is 9.64 Å². The first-order valence-corrected chi connectivity index (χ1v) is 10.3. The fourth-order valence-corrected chi connectivity index (χ4v) is 4.15. The predicted molar refractivity (Wildman–Crippen MR) is 115 cm³/mol. The Labute approximate surface area is 173 Å². The highest BCUT2D eigenvalue weighted by Gasteiger charge is 2.17. The van der Waals surface area contributed by atoms with Crippen molar-refractivity contribution in [2.75, 3.05) is 44.2 Å². The Kier molecular flexibility index (Phi) is 7.57. The van der Waals surface area contributed by atoms with Crippen molar-refractivity contribution in [3.05, 3.63) is 59.4 Å². The molecule has 2 aromatic carbocycles. The minimum Gasteiger partial charge on any atom is -0.494 e. The average molecular weight is 405 g/mol. The van der Waals surface area contributed by atoms with E-state index in [1.165, 1.54) is 36.8 Å². The molecule has 0 radical (unpaired) electrons. The second kappa shape index (κ2) is 10.1. The van der Waals surface area contributed by atoms with E-state index in [9.17, 15) is 4.39 Å². The number of hydrogen-bond donors (Lipinski definition) is 0. The summed E-state index contributed by atoms with van der Waals surface area (Å²) in [6.45, 7) is 6.10. The summed E-state index contributed by atoms with van der Waals surface area (Å²) in [5.74, 6) is 0.864. The van der Waals surface area contributed by atoms with Gasteiger partial charge in [0.15, 0.2) is 0 Å². The molecule has 0 atom stereocenters. The molecule has 3 nitrogen and oxygen atoms in total. The van der Waals surface area contributed by atoms with E-state index in [1.54, 1.807) is 12.1 Å². The van der Waals surface area contributed by atoms with E-state index in [0.717, 1.165) is 57.2 Å². The van der Waals surface area contributed by atoms with Gasteiger partial charge in [-0.15, -0.1) is 12.4 Å². The molecule has 2 aromatic rings. The second-order valence-electron chi connectivity index (χ2n) is 7.64. The number of fused-ring (bicyclic) bond motifs is 1. The maximum atomic E-state index is 13.0. The van der Waals surface area contributed by atoms with Gasteiger partial charge in [-0.2, -0.15) is 0 Å². The van der Waals surface area contributed by atoms with Gasteiger partial charge < -0.3 is 9.64 Å². The molecule has 0 N–H and O–H groups in total. The van der Waals surface area contributed by atoms with Crippen LogP contribution in [0, 0.1) is 5.82 Å². The lowest BCUT2D eigenvalue weighted by Crippen LogP contribution is -2.46. The zero-order chi connectivity index (χ0) is 18.5. The third kappa shape index (κ3) is 5.39. The number of nitrogens with zero attached hydrogens (tertiary/aromatic N) is 2. The number of aryl methyl sites for hydroxylation is 2. The van der Waals surface area contributed by atoms with Crippen LogP contribution in [-0.4, -0.2) is 44.2 Å².